The number of rotatable bonds is 6. The number of benzene rings is 1. The lowest BCUT2D eigenvalue weighted by atomic mass is 10.1. The van der Waals surface area contributed by atoms with Crippen LogP contribution in [0, 0.1) is 5.92 Å². The summed E-state index contributed by atoms with van der Waals surface area (Å²) in [5, 5.41) is 5.94. The lowest BCUT2D eigenvalue weighted by Gasteiger charge is -2.13. The molecule has 2 N–H and O–H groups in total. The average Bonchev–Trinajstić information content (AvgIpc) is 3.07. The summed E-state index contributed by atoms with van der Waals surface area (Å²) < 4.78 is 0. The van der Waals surface area contributed by atoms with Gasteiger partial charge in [0.2, 0.25) is 5.91 Å². The van der Waals surface area contributed by atoms with E-state index in [9.17, 15) is 9.59 Å². The van der Waals surface area contributed by atoms with Gasteiger partial charge in [0.1, 0.15) is 0 Å². The molecule has 1 fully saturated rings. The third-order valence-electron chi connectivity index (χ3n) is 4.37. The molecule has 1 aliphatic rings. The van der Waals surface area contributed by atoms with Crippen molar-refractivity contribution in [1.29, 1.82) is 0 Å². The summed E-state index contributed by atoms with van der Waals surface area (Å²) >= 11 is 0. The van der Waals surface area contributed by atoms with Gasteiger partial charge in [-0.1, -0.05) is 31.9 Å². The molecule has 120 valence electrons. The Morgan fingerprint density at radius 3 is 2.68 bits per heavy atom. The zero-order valence-electron chi connectivity index (χ0n) is 13.5. The molecule has 0 spiro atoms. The van der Waals surface area contributed by atoms with E-state index in [4.69, 9.17) is 0 Å². The highest BCUT2D eigenvalue weighted by molar-refractivity contribution is 5.94. The monoisotopic (exact) mass is 302 g/mol. The van der Waals surface area contributed by atoms with E-state index in [0.29, 0.717) is 12.1 Å². The number of amides is 2. The normalized spacial score (nSPS) is 16.3. The Morgan fingerprint density at radius 1 is 1.27 bits per heavy atom. The summed E-state index contributed by atoms with van der Waals surface area (Å²) in [4.78, 5) is 24.1. The van der Waals surface area contributed by atoms with Crippen LogP contribution in [0.3, 0.4) is 0 Å². The second-order valence-electron chi connectivity index (χ2n) is 6.18. The predicted octanol–water partition coefficient (Wildman–Crippen LogP) is 3.02. The van der Waals surface area contributed by atoms with E-state index in [-0.39, 0.29) is 23.8 Å². The highest BCUT2D eigenvalue weighted by Gasteiger charge is 2.22. The summed E-state index contributed by atoms with van der Waals surface area (Å²) in [6, 6.07) is 7.63. The number of hydrogen-bond donors (Lipinski definition) is 2. The highest BCUT2D eigenvalue weighted by Crippen LogP contribution is 2.24. The summed E-state index contributed by atoms with van der Waals surface area (Å²) in [6.07, 6.45) is 5.22. The van der Waals surface area contributed by atoms with E-state index in [0.717, 1.165) is 37.7 Å². The lowest BCUT2D eigenvalue weighted by molar-refractivity contribution is -0.124. The maximum Gasteiger partial charge on any atom is 0.251 e. The average molecular weight is 302 g/mol. The van der Waals surface area contributed by atoms with Gasteiger partial charge in [0, 0.05) is 24.1 Å². The fraction of sp³-hybridized carbons (Fsp3) is 0.556. The zero-order chi connectivity index (χ0) is 15.9. The van der Waals surface area contributed by atoms with Crippen molar-refractivity contribution in [2.75, 3.05) is 0 Å². The molecule has 2 rings (SSSR count). The zero-order valence-corrected chi connectivity index (χ0v) is 13.5. The topological polar surface area (TPSA) is 58.2 Å². The molecule has 0 aromatic heterocycles. The molecule has 1 aromatic rings. The van der Waals surface area contributed by atoms with Crippen molar-refractivity contribution in [2.45, 2.75) is 58.5 Å². The van der Waals surface area contributed by atoms with E-state index in [1.54, 1.807) is 6.07 Å². The van der Waals surface area contributed by atoms with Gasteiger partial charge in [-0.2, -0.15) is 0 Å². The Bertz CT molecular complexity index is 522. The largest absolute Gasteiger partial charge is 0.352 e. The summed E-state index contributed by atoms with van der Waals surface area (Å²) in [5.74, 6) is 0.266. The second-order valence-corrected chi connectivity index (χ2v) is 6.18. The van der Waals surface area contributed by atoms with Crippen LogP contribution in [-0.2, 0) is 11.3 Å². The van der Waals surface area contributed by atoms with Crippen LogP contribution in [0.2, 0.25) is 0 Å². The van der Waals surface area contributed by atoms with E-state index in [1.807, 2.05) is 32.0 Å². The SMILES string of the molecule is CCC(C)NC(=O)c1cccc(CNC(=O)C2CCCC2)c1. The Kier molecular flexibility index (Phi) is 5.99. The Hall–Kier alpha value is -1.84. The maximum absolute atomic E-state index is 12.1. The molecule has 4 heteroatoms. The molecule has 4 nitrogen and oxygen atoms in total. The molecule has 0 heterocycles. The third kappa shape index (κ3) is 4.58. The van der Waals surface area contributed by atoms with Gasteiger partial charge in [0.05, 0.1) is 0 Å². The van der Waals surface area contributed by atoms with Crippen molar-refractivity contribution in [1.82, 2.24) is 10.6 Å². The van der Waals surface area contributed by atoms with Gasteiger partial charge in [0.15, 0.2) is 0 Å². The molecule has 0 saturated heterocycles. The molecular formula is C18H26N2O2. The van der Waals surface area contributed by atoms with Gasteiger partial charge in [-0.25, -0.2) is 0 Å². The van der Waals surface area contributed by atoms with E-state index >= 15 is 0 Å². The molecule has 1 aromatic carbocycles. The molecule has 1 atom stereocenters. The molecule has 2 amide bonds. The van der Waals surface area contributed by atoms with Gasteiger partial charge in [0.25, 0.3) is 5.91 Å². The molecule has 1 aliphatic carbocycles. The quantitative estimate of drug-likeness (QED) is 0.848. The minimum Gasteiger partial charge on any atom is -0.352 e. The minimum absolute atomic E-state index is 0.0571. The van der Waals surface area contributed by atoms with Crippen molar-refractivity contribution in [3.8, 4) is 0 Å². The van der Waals surface area contributed by atoms with E-state index in [1.165, 1.54) is 0 Å². The Labute approximate surface area is 132 Å². The first kappa shape index (κ1) is 16.5. The molecule has 0 aliphatic heterocycles. The van der Waals surface area contributed by atoms with Crippen molar-refractivity contribution in [3.63, 3.8) is 0 Å². The van der Waals surface area contributed by atoms with Crippen molar-refractivity contribution < 1.29 is 9.59 Å². The third-order valence-corrected chi connectivity index (χ3v) is 4.37. The van der Waals surface area contributed by atoms with Crippen LogP contribution in [0.15, 0.2) is 24.3 Å². The van der Waals surface area contributed by atoms with Gasteiger partial charge < -0.3 is 10.6 Å². The summed E-state index contributed by atoms with van der Waals surface area (Å²) in [5.41, 5.74) is 1.61. The molecule has 1 unspecified atom stereocenters. The summed E-state index contributed by atoms with van der Waals surface area (Å²) in [6.45, 7) is 4.52. The van der Waals surface area contributed by atoms with Crippen molar-refractivity contribution >= 4 is 11.8 Å². The predicted molar refractivity (Wildman–Crippen MR) is 87.5 cm³/mol. The highest BCUT2D eigenvalue weighted by atomic mass is 16.2. The van der Waals surface area contributed by atoms with Gasteiger partial charge >= 0.3 is 0 Å². The molecule has 22 heavy (non-hydrogen) atoms. The number of hydrogen-bond acceptors (Lipinski definition) is 2. The fourth-order valence-electron chi connectivity index (χ4n) is 2.75. The maximum atomic E-state index is 12.1. The smallest absolute Gasteiger partial charge is 0.251 e. The van der Waals surface area contributed by atoms with Crippen LogP contribution in [0.25, 0.3) is 0 Å². The number of carbonyl (C=O) groups is 2. The van der Waals surface area contributed by atoms with Gasteiger partial charge in [-0.3, -0.25) is 9.59 Å². The van der Waals surface area contributed by atoms with Crippen LogP contribution in [-0.4, -0.2) is 17.9 Å². The fourth-order valence-corrected chi connectivity index (χ4v) is 2.75. The first-order chi connectivity index (χ1) is 10.6. The molecule has 0 radical (unpaired) electrons. The van der Waals surface area contributed by atoms with Crippen molar-refractivity contribution in [3.05, 3.63) is 35.4 Å². The van der Waals surface area contributed by atoms with Crippen LogP contribution in [0.1, 0.15) is 61.9 Å². The lowest BCUT2D eigenvalue weighted by Crippen LogP contribution is -2.32. The summed E-state index contributed by atoms with van der Waals surface area (Å²) in [7, 11) is 0. The van der Waals surface area contributed by atoms with Gasteiger partial charge in [-0.05, 0) is 43.9 Å². The minimum atomic E-state index is -0.0571. The van der Waals surface area contributed by atoms with Gasteiger partial charge in [-0.15, -0.1) is 0 Å². The Morgan fingerprint density at radius 2 is 2.00 bits per heavy atom. The van der Waals surface area contributed by atoms with Crippen LogP contribution >= 0.6 is 0 Å². The second kappa shape index (κ2) is 7.97. The van der Waals surface area contributed by atoms with Crippen LogP contribution in [0.5, 0.6) is 0 Å². The number of carbonyl (C=O) groups excluding carboxylic acids is 2. The first-order valence-electron chi connectivity index (χ1n) is 8.27. The molecule has 0 bridgehead atoms. The molecular weight excluding hydrogens is 276 g/mol. The van der Waals surface area contributed by atoms with E-state index < -0.39 is 0 Å². The van der Waals surface area contributed by atoms with Crippen LogP contribution < -0.4 is 10.6 Å². The molecule has 1 saturated carbocycles. The first-order valence-corrected chi connectivity index (χ1v) is 8.27. The van der Waals surface area contributed by atoms with E-state index in [2.05, 4.69) is 10.6 Å². The van der Waals surface area contributed by atoms with Crippen LogP contribution in [0.4, 0.5) is 0 Å². The Balaban J connectivity index is 1.90. The van der Waals surface area contributed by atoms with Crippen molar-refractivity contribution in [2.24, 2.45) is 5.92 Å². The number of nitrogens with one attached hydrogen (secondary N) is 2. The standard InChI is InChI=1S/C18H26N2O2/c1-3-13(2)20-18(22)16-10-6-7-14(11-16)12-19-17(21)15-8-4-5-9-15/h6-7,10-11,13,15H,3-5,8-9,12H2,1-2H3,(H,19,21)(H,20,22).